The fourth-order valence-electron chi connectivity index (χ4n) is 5.76. The van der Waals surface area contributed by atoms with E-state index in [9.17, 15) is 18.9 Å². The van der Waals surface area contributed by atoms with Crippen molar-refractivity contribution in [1.29, 1.82) is 0 Å². The van der Waals surface area contributed by atoms with Gasteiger partial charge in [0.1, 0.15) is 13.2 Å². The zero-order valence-electron chi connectivity index (χ0n) is 33.3. The van der Waals surface area contributed by atoms with Gasteiger partial charge in [-0.25, -0.2) is 14.2 Å². The fraction of sp³-hybridized carbons (Fsp3) is 0.523. The average Bonchev–Trinajstić information content (AvgIpc) is 3.22. The molecule has 0 fully saturated rings. The second-order valence-electron chi connectivity index (χ2n) is 13.8. The van der Waals surface area contributed by atoms with Crippen molar-refractivity contribution in [2.45, 2.75) is 136 Å². The Bertz CT molecular complexity index is 1540. The molecule has 0 saturated carbocycles. The highest BCUT2D eigenvalue weighted by molar-refractivity contribution is 7.48. The van der Waals surface area contributed by atoms with Gasteiger partial charge in [-0.05, 0) is 36.5 Å². The monoisotopic (exact) mass is 795 g/mol. The molecule has 0 spiro atoms. The normalized spacial score (nSPS) is 13.2. The number of alkyl carbamates (subject to hydrolysis) is 1. The first kappa shape index (κ1) is 46.4. The van der Waals surface area contributed by atoms with Gasteiger partial charge >= 0.3 is 25.9 Å². The number of benzene rings is 3. The van der Waals surface area contributed by atoms with E-state index >= 15 is 0 Å². The highest BCUT2D eigenvalue weighted by Gasteiger charge is 2.38. The van der Waals surface area contributed by atoms with Crippen molar-refractivity contribution < 1.29 is 46.7 Å². The number of unbranched alkanes of at least 4 members (excludes halogenated alkanes) is 11. The average molecular weight is 796 g/mol. The summed E-state index contributed by atoms with van der Waals surface area (Å²) in [4.78, 5) is 38.7. The molecule has 0 aliphatic rings. The number of rotatable bonds is 30. The van der Waals surface area contributed by atoms with E-state index in [0.717, 1.165) is 30.4 Å². The molecule has 308 valence electrons. The minimum absolute atomic E-state index is 0.0444. The number of nitrogens with one attached hydrogen (secondary N) is 1. The Hall–Kier alpha value is -4.02. The van der Waals surface area contributed by atoms with Crippen molar-refractivity contribution in [2.24, 2.45) is 0 Å². The SMILES string of the molecule is CCCCCCCCCCCCCCOC(=O)CCCOP(=O)(OCc1ccccc1)O[C@H](C)[C@H](NC(=O)OCc1ccccc1)C(=O)OCc1ccccc1. The number of amides is 1. The van der Waals surface area contributed by atoms with E-state index in [-0.39, 0.29) is 45.2 Å². The highest BCUT2D eigenvalue weighted by Crippen LogP contribution is 2.52. The molecule has 0 aliphatic heterocycles. The summed E-state index contributed by atoms with van der Waals surface area (Å²) in [6, 6.07) is 25.7. The first-order valence-corrected chi connectivity index (χ1v) is 21.7. The van der Waals surface area contributed by atoms with E-state index in [0.29, 0.717) is 12.2 Å². The summed E-state index contributed by atoms with van der Waals surface area (Å²) in [5.41, 5.74) is 2.18. The molecule has 0 aromatic heterocycles. The number of hydrogen-bond donors (Lipinski definition) is 1. The Morgan fingerprint density at radius 2 is 1.05 bits per heavy atom. The minimum atomic E-state index is -4.38. The van der Waals surface area contributed by atoms with Crippen LogP contribution in [0, 0.1) is 0 Å². The third-order valence-electron chi connectivity index (χ3n) is 9.00. The van der Waals surface area contributed by atoms with Gasteiger partial charge in [-0.15, -0.1) is 0 Å². The predicted octanol–water partition coefficient (Wildman–Crippen LogP) is 10.8. The molecule has 0 heterocycles. The molecular weight excluding hydrogens is 733 g/mol. The quantitative estimate of drug-likeness (QED) is 0.0300. The molecule has 1 N–H and O–H groups in total. The Morgan fingerprint density at radius 1 is 0.571 bits per heavy atom. The predicted molar refractivity (Wildman–Crippen MR) is 216 cm³/mol. The molecule has 0 radical (unpaired) electrons. The van der Waals surface area contributed by atoms with Gasteiger partial charge in [0.05, 0.1) is 25.9 Å². The van der Waals surface area contributed by atoms with Crippen LogP contribution in [0.1, 0.15) is 120 Å². The van der Waals surface area contributed by atoms with Crippen LogP contribution < -0.4 is 5.32 Å². The lowest BCUT2D eigenvalue weighted by Crippen LogP contribution is -2.49. The molecule has 1 unspecified atom stereocenters. The fourth-order valence-corrected chi connectivity index (χ4v) is 7.15. The minimum Gasteiger partial charge on any atom is -0.466 e. The molecular formula is C44H62NO10P. The van der Waals surface area contributed by atoms with Crippen LogP contribution in [0.5, 0.6) is 0 Å². The molecule has 3 aromatic carbocycles. The highest BCUT2D eigenvalue weighted by atomic mass is 31.2. The van der Waals surface area contributed by atoms with Gasteiger partial charge in [-0.3, -0.25) is 18.4 Å². The molecule has 3 atom stereocenters. The van der Waals surface area contributed by atoms with Crippen molar-refractivity contribution in [1.82, 2.24) is 5.32 Å². The zero-order chi connectivity index (χ0) is 40.1. The standard InChI is InChI=1S/C44H62NO10P/c1-3-4-5-6-7-8-9-10-11-12-13-23-32-50-41(46)31-24-33-53-56(49,54-36-40-29-21-16-22-30-40)55-37(2)42(43(47)51-34-38-25-17-14-18-26-38)45-44(48)52-35-39-27-19-15-20-28-39/h14-22,25-30,37,42H,3-13,23-24,31-36H2,1-2H3,(H,45,48)/t37-,42+,56?/m1/s1. The van der Waals surface area contributed by atoms with Crippen LogP contribution in [0.2, 0.25) is 0 Å². The van der Waals surface area contributed by atoms with E-state index in [1.54, 1.807) is 48.5 Å². The van der Waals surface area contributed by atoms with Crippen LogP contribution in [0.4, 0.5) is 4.79 Å². The summed E-state index contributed by atoms with van der Waals surface area (Å²) < 4.78 is 47.6. The first-order chi connectivity index (χ1) is 27.3. The lowest BCUT2D eigenvalue weighted by atomic mass is 10.1. The summed E-state index contributed by atoms with van der Waals surface area (Å²) in [5.74, 6) is -1.21. The molecule has 0 bridgehead atoms. The van der Waals surface area contributed by atoms with Gasteiger partial charge in [-0.1, -0.05) is 169 Å². The molecule has 0 saturated heterocycles. The van der Waals surface area contributed by atoms with Gasteiger partial charge in [0.2, 0.25) is 0 Å². The number of phosphoric acid groups is 1. The Balaban J connectivity index is 1.50. The maximum Gasteiger partial charge on any atom is 0.475 e. The molecule has 56 heavy (non-hydrogen) atoms. The molecule has 1 amide bonds. The maximum absolute atomic E-state index is 14.1. The summed E-state index contributed by atoms with van der Waals surface area (Å²) in [5, 5.41) is 2.50. The number of phosphoric ester groups is 1. The van der Waals surface area contributed by atoms with E-state index in [1.165, 1.54) is 64.7 Å². The number of hydrogen-bond acceptors (Lipinski definition) is 10. The smallest absolute Gasteiger partial charge is 0.466 e. The lowest BCUT2D eigenvalue weighted by Gasteiger charge is -2.27. The van der Waals surface area contributed by atoms with Crippen molar-refractivity contribution >= 4 is 25.9 Å². The number of ether oxygens (including phenoxy) is 3. The molecule has 3 aromatic rings. The largest absolute Gasteiger partial charge is 0.475 e. The maximum atomic E-state index is 14.1. The summed E-state index contributed by atoms with van der Waals surface area (Å²) in [6.07, 6.45) is 12.8. The van der Waals surface area contributed by atoms with Crippen molar-refractivity contribution in [3.05, 3.63) is 108 Å². The molecule has 12 heteroatoms. The number of carbonyl (C=O) groups excluding carboxylic acids is 3. The Kier molecular flexibility index (Phi) is 23.5. The number of carbonyl (C=O) groups is 3. The van der Waals surface area contributed by atoms with Crippen LogP contribution in [0.3, 0.4) is 0 Å². The van der Waals surface area contributed by atoms with Crippen molar-refractivity contribution in [3.8, 4) is 0 Å². The summed E-state index contributed by atoms with van der Waals surface area (Å²) in [7, 11) is -4.38. The van der Waals surface area contributed by atoms with Crippen LogP contribution >= 0.6 is 7.82 Å². The van der Waals surface area contributed by atoms with E-state index in [1.807, 2.05) is 42.5 Å². The van der Waals surface area contributed by atoms with Crippen molar-refractivity contribution in [3.63, 3.8) is 0 Å². The van der Waals surface area contributed by atoms with E-state index < -0.39 is 32.0 Å². The zero-order valence-corrected chi connectivity index (χ0v) is 34.2. The van der Waals surface area contributed by atoms with Gasteiger partial charge in [0, 0.05) is 6.42 Å². The molecule has 0 aliphatic carbocycles. The van der Waals surface area contributed by atoms with Crippen LogP contribution in [0.25, 0.3) is 0 Å². The van der Waals surface area contributed by atoms with Crippen molar-refractivity contribution in [2.75, 3.05) is 13.2 Å². The summed E-state index contributed by atoms with van der Waals surface area (Å²) >= 11 is 0. The van der Waals surface area contributed by atoms with E-state index in [4.69, 9.17) is 27.8 Å². The number of esters is 2. The second kappa shape index (κ2) is 28.4. The van der Waals surface area contributed by atoms with Gasteiger partial charge in [0.25, 0.3) is 0 Å². The van der Waals surface area contributed by atoms with Crippen LogP contribution in [-0.4, -0.2) is 43.4 Å². The van der Waals surface area contributed by atoms with Gasteiger partial charge in [0.15, 0.2) is 6.04 Å². The second-order valence-corrected chi connectivity index (χ2v) is 15.5. The Morgan fingerprint density at radius 3 is 1.59 bits per heavy atom. The third kappa shape index (κ3) is 20.8. The summed E-state index contributed by atoms with van der Waals surface area (Å²) in [6.45, 7) is 3.66. The topological polar surface area (TPSA) is 136 Å². The molecule has 11 nitrogen and oxygen atoms in total. The third-order valence-corrected chi connectivity index (χ3v) is 10.5. The van der Waals surface area contributed by atoms with E-state index in [2.05, 4.69) is 12.2 Å². The van der Waals surface area contributed by atoms with Crippen LogP contribution in [-0.2, 0) is 61.8 Å². The Labute approximate surface area is 333 Å². The van der Waals surface area contributed by atoms with Gasteiger partial charge < -0.3 is 19.5 Å². The first-order valence-electron chi connectivity index (χ1n) is 20.2. The lowest BCUT2D eigenvalue weighted by molar-refractivity contribution is -0.150. The molecule has 3 rings (SSSR count). The van der Waals surface area contributed by atoms with Gasteiger partial charge in [-0.2, -0.15) is 0 Å². The van der Waals surface area contributed by atoms with Crippen LogP contribution in [0.15, 0.2) is 91.0 Å².